The first-order valence-corrected chi connectivity index (χ1v) is 4.57. The highest BCUT2D eigenvalue weighted by Gasteiger charge is 2.11. The number of hydrogen-bond acceptors (Lipinski definition) is 2. The molecule has 1 aromatic rings. The number of rotatable bonds is 3. The number of hydrogen-bond donors (Lipinski definition) is 2. The maximum atomic E-state index is 9.11. The molecule has 0 heterocycles. The van der Waals surface area contributed by atoms with Crippen molar-refractivity contribution in [1.82, 2.24) is 0 Å². The lowest BCUT2D eigenvalue weighted by molar-refractivity contribution is 0.267. The molecule has 2 nitrogen and oxygen atoms in total. The van der Waals surface area contributed by atoms with Gasteiger partial charge in [0.2, 0.25) is 0 Å². The van der Waals surface area contributed by atoms with Gasteiger partial charge in [-0.05, 0) is 30.5 Å². The molecule has 0 amide bonds. The normalized spacial score (nSPS) is 12.9. The molecule has 0 bridgehead atoms. The van der Waals surface area contributed by atoms with Gasteiger partial charge >= 0.3 is 0 Å². The van der Waals surface area contributed by atoms with E-state index in [0.29, 0.717) is 6.54 Å². The Hall–Kier alpha value is -0.860. The SMILES string of the molecule is Cc1cccc(C(CN)CO)c1C. The fourth-order valence-electron chi connectivity index (χ4n) is 1.52. The molecule has 1 rings (SSSR count). The van der Waals surface area contributed by atoms with Crippen molar-refractivity contribution in [3.05, 3.63) is 34.9 Å². The van der Waals surface area contributed by atoms with Crippen molar-refractivity contribution in [2.24, 2.45) is 5.73 Å². The second-order valence-electron chi connectivity index (χ2n) is 3.40. The highest BCUT2D eigenvalue weighted by molar-refractivity contribution is 5.35. The molecular formula is C11H17NO. The molecule has 72 valence electrons. The Morgan fingerprint density at radius 2 is 2.08 bits per heavy atom. The predicted octanol–water partition coefficient (Wildman–Crippen LogP) is 1.34. The Morgan fingerprint density at radius 3 is 2.62 bits per heavy atom. The summed E-state index contributed by atoms with van der Waals surface area (Å²) >= 11 is 0. The predicted molar refractivity (Wildman–Crippen MR) is 54.8 cm³/mol. The first-order valence-electron chi connectivity index (χ1n) is 4.57. The number of nitrogens with two attached hydrogens (primary N) is 1. The summed E-state index contributed by atoms with van der Waals surface area (Å²) in [5.41, 5.74) is 9.24. The van der Waals surface area contributed by atoms with Gasteiger partial charge in [-0.15, -0.1) is 0 Å². The molecular weight excluding hydrogens is 162 g/mol. The number of benzene rings is 1. The van der Waals surface area contributed by atoms with Crippen molar-refractivity contribution in [2.45, 2.75) is 19.8 Å². The van der Waals surface area contributed by atoms with Crippen molar-refractivity contribution >= 4 is 0 Å². The summed E-state index contributed by atoms with van der Waals surface area (Å²) in [5, 5.41) is 9.11. The van der Waals surface area contributed by atoms with E-state index in [4.69, 9.17) is 10.8 Å². The van der Waals surface area contributed by atoms with Crippen LogP contribution < -0.4 is 5.73 Å². The van der Waals surface area contributed by atoms with Crippen LogP contribution in [0.5, 0.6) is 0 Å². The zero-order valence-corrected chi connectivity index (χ0v) is 8.25. The van der Waals surface area contributed by atoms with Gasteiger partial charge in [0.15, 0.2) is 0 Å². The van der Waals surface area contributed by atoms with E-state index in [1.807, 2.05) is 12.1 Å². The Morgan fingerprint density at radius 1 is 1.38 bits per heavy atom. The minimum Gasteiger partial charge on any atom is -0.396 e. The molecule has 0 aliphatic carbocycles. The zero-order valence-electron chi connectivity index (χ0n) is 8.25. The second kappa shape index (κ2) is 4.40. The van der Waals surface area contributed by atoms with Crippen LogP contribution in [0.2, 0.25) is 0 Å². The fraction of sp³-hybridized carbons (Fsp3) is 0.455. The first-order chi connectivity index (χ1) is 6.20. The summed E-state index contributed by atoms with van der Waals surface area (Å²) in [6.45, 7) is 4.77. The van der Waals surface area contributed by atoms with Crippen molar-refractivity contribution in [1.29, 1.82) is 0 Å². The van der Waals surface area contributed by atoms with Crippen LogP contribution in [0.1, 0.15) is 22.6 Å². The van der Waals surface area contributed by atoms with Gasteiger partial charge in [0.25, 0.3) is 0 Å². The highest BCUT2D eigenvalue weighted by Crippen LogP contribution is 2.20. The molecule has 0 saturated heterocycles. The van der Waals surface area contributed by atoms with Gasteiger partial charge in [0.05, 0.1) is 6.61 Å². The maximum Gasteiger partial charge on any atom is 0.0512 e. The van der Waals surface area contributed by atoms with Crippen LogP contribution in [0.15, 0.2) is 18.2 Å². The minimum atomic E-state index is 0.0832. The first kappa shape index (κ1) is 10.2. The topological polar surface area (TPSA) is 46.2 Å². The van der Waals surface area contributed by atoms with E-state index >= 15 is 0 Å². The molecule has 0 fully saturated rings. The van der Waals surface area contributed by atoms with E-state index in [0.717, 1.165) is 0 Å². The van der Waals surface area contributed by atoms with E-state index < -0.39 is 0 Å². The van der Waals surface area contributed by atoms with Crippen LogP contribution in [0, 0.1) is 13.8 Å². The smallest absolute Gasteiger partial charge is 0.0512 e. The molecule has 0 aliphatic rings. The third-order valence-corrected chi connectivity index (χ3v) is 2.59. The van der Waals surface area contributed by atoms with Gasteiger partial charge in [-0.3, -0.25) is 0 Å². The lowest BCUT2D eigenvalue weighted by atomic mass is 9.93. The van der Waals surface area contributed by atoms with Crippen LogP contribution in [0.3, 0.4) is 0 Å². The van der Waals surface area contributed by atoms with Crippen molar-refractivity contribution in [3.63, 3.8) is 0 Å². The standard InChI is InChI=1S/C11H17NO/c1-8-4-3-5-11(9(8)2)10(6-12)7-13/h3-5,10,13H,6-7,12H2,1-2H3. The summed E-state index contributed by atoms with van der Waals surface area (Å²) in [5.74, 6) is 0.0832. The largest absolute Gasteiger partial charge is 0.396 e. The van der Waals surface area contributed by atoms with Gasteiger partial charge < -0.3 is 10.8 Å². The number of aliphatic hydroxyl groups is 1. The Labute approximate surface area is 79.4 Å². The molecule has 0 aliphatic heterocycles. The molecule has 1 atom stereocenters. The number of aliphatic hydroxyl groups excluding tert-OH is 1. The number of aryl methyl sites for hydroxylation is 1. The third kappa shape index (κ3) is 2.08. The second-order valence-corrected chi connectivity index (χ2v) is 3.40. The lowest BCUT2D eigenvalue weighted by Crippen LogP contribution is -2.17. The quantitative estimate of drug-likeness (QED) is 0.735. The summed E-state index contributed by atoms with van der Waals surface area (Å²) in [4.78, 5) is 0. The van der Waals surface area contributed by atoms with E-state index in [1.54, 1.807) is 0 Å². The van der Waals surface area contributed by atoms with E-state index in [2.05, 4.69) is 19.9 Å². The summed E-state index contributed by atoms with van der Waals surface area (Å²) in [7, 11) is 0. The molecule has 2 heteroatoms. The molecule has 0 aromatic heterocycles. The van der Waals surface area contributed by atoms with Crippen LogP contribution in [-0.4, -0.2) is 18.3 Å². The Balaban J connectivity index is 3.05. The molecule has 13 heavy (non-hydrogen) atoms. The molecule has 1 aromatic carbocycles. The Bertz CT molecular complexity index is 279. The van der Waals surface area contributed by atoms with E-state index in [1.165, 1.54) is 16.7 Å². The molecule has 3 N–H and O–H groups in total. The molecule has 0 spiro atoms. The van der Waals surface area contributed by atoms with Crippen molar-refractivity contribution < 1.29 is 5.11 Å². The average Bonchev–Trinajstić information content (AvgIpc) is 2.14. The fourth-order valence-corrected chi connectivity index (χ4v) is 1.52. The van der Waals surface area contributed by atoms with E-state index in [-0.39, 0.29) is 12.5 Å². The molecule has 0 radical (unpaired) electrons. The average molecular weight is 179 g/mol. The lowest BCUT2D eigenvalue weighted by Gasteiger charge is -2.16. The Kier molecular flexibility index (Phi) is 3.46. The van der Waals surface area contributed by atoms with Gasteiger partial charge in [-0.2, -0.15) is 0 Å². The van der Waals surface area contributed by atoms with Crippen LogP contribution in [0.4, 0.5) is 0 Å². The molecule has 1 unspecified atom stereocenters. The van der Waals surface area contributed by atoms with E-state index in [9.17, 15) is 0 Å². The van der Waals surface area contributed by atoms with Gasteiger partial charge in [-0.1, -0.05) is 18.2 Å². The van der Waals surface area contributed by atoms with Gasteiger partial charge in [0, 0.05) is 12.5 Å². The van der Waals surface area contributed by atoms with Gasteiger partial charge in [0.1, 0.15) is 0 Å². The minimum absolute atomic E-state index is 0.0832. The molecule has 0 saturated carbocycles. The summed E-state index contributed by atoms with van der Waals surface area (Å²) in [6, 6.07) is 6.12. The van der Waals surface area contributed by atoms with Crippen LogP contribution in [0.25, 0.3) is 0 Å². The summed E-state index contributed by atoms with van der Waals surface area (Å²) in [6.07, 6.45) is 0. The zero-order chi connectivity index (χ0) is 9.84. The van der Waals surface area contributed by atoms with Crippen LogP contribution in [-0.2, 0) is 0 Å². The van der Waals surface area contributed by atoms with Gasteiger partial charge in [-0.25, -0.2) is 0 Å². The van der Waals surface area contributed by atoms with Crippen molar-refractivity contribution in [3.8, 4) is 0 Å². The van der Waals surface area contributed by atoms with Crippen LogP contribution >= 0.6 is 0 Å². The van der Waals surface area contributed by atoms with Crippen molar-refractivity contribution in [2.75, 3.05) is 13.2 Å². The third-order valence-electron chi connectivity index (χ3n) is 2.59. The monoisotopic (exact) mass is 179 g/mol. The highest BCUT2D eigenvalue weighted by atomic mass is 16.3. The summed E-state index contributed by atoms with van der Waals surface area (Å²) < 4.78 is 0. The maximum absolute atomic E-state index is 9.11.